The molecule has 0 bridgehead atoms. The smallest absolute Gasteiger partial charge is 0.252 e. The average Bonchev–Trinajstić information content (AvgIpc) is 2.44. The van der Waals surface area contributed by atoms with Crippen molar-refractivity contribution < 1.29 is 17.2 Å². The fourth-order valence-electron chi connectivity index (χ4n) is 1.12. The Morgan fingerprint density at radius 3 is 2.06 bits per heavy atom. The Hall–Kier alpha value is -0.280. The van der Waals surface area contributed by atoms with Crippen molar-refractivity contribution >= 4 is 32.4 Å². The summed E-state index contributed by atoms with van der Waals surface area (Å²) in [6.45, 7) is 3.28. The lowest BCUT2D eigenvalue weighted by molar-refractivity contribution is 0.522. The highest BCUT2D eigenvalue weighted by Gasteiger charge is 2.26. The highest BCUT2D eigenvalue weighted by Crippen LogP contribution is 2.34. The van der Waals surface area contributed by atoms with Gasteiger partial charge in [0.05, 0.1) is 0 Å². The monoisotopic (exact) mass is 283 g/mol. The van der Waals surface area contributed by atoms with Crippen molar-refractivity contribution in [2.75, 3.05) is 14.1 Å². The van der Waals surface area contributed by atoms with Crippen LogP contribution in [-0.2, 0) is 21.1 Å². The minimum atomic E-state index is -3.54. The molecule has 0 aromatic carbocycles. The summed E-state index contributed by atoms with van der Waals surface area (Å²) in [5.74, 6) is 0. The van der Waals surface area contributed by atoms with Crippen molar-refractivity contribution in [2.45, 2.75) is 22.3 Å². The van der Waals surface area contributed by atoms with Crippen LogP contribution in [0.3, 0.4) is 0 Å². The molecule has 8 heteroatoms. The van der Waals surface area contributed by atoms with Crippen molar-refractivity contribution in [1.29, 1.82) is 0 Å². The van der Waals surface area contributed by atoms with E-state index in [0.29, 0.717) is 11.1 Å². The molecule has 1 aromatic rings. The Kier molecular flexibility index (Phi) is 3.91. The summed E-state index contributed by atoms with van der Waals surface area (Å²) in [6, 6.07) is 0. The van der Waals surface area contributed by atoms with Crippen molar-refractivity contribution in [3.05, 3.63) is 11.1 Å². The van der Waals surface area contributed by atoms with E-state index < -0.39 is 21.1 Å². The Balaban J connectivity index is 3.50. The zero-order valence-electron chi connectivity index (χ0n) is 9.34. The summed E-state index contributed by atoms with van der Waals surface area (Å²) in [6.07, 6.45) is 0. The lowest BCUT2D eigenvalue weighted by atomic mass is 10.2. The van der Waals surface area contributed by atoms with E-state index >= 15 is 0 Å². The quantitative estimate of drug-likeness (QED) is 0.846. The first-order valence-electron chi connectivity index (χ1n) is 4.33. The molecule has 0 aliphatic rings. The lowest BCUT2D eigenvalue weighted by Gasteiger charge is -2.09. The molecule has 1 heterocycles. The van der Waals surface area contributed by atoms with Gasteiger partial charge in [-0.15, -0.1) is 11.3 Å². The first kappa shape index (κ1) is 13.8. The van der Waals surface area contributed by atoms with Crippen LogP contribution in [0.1, 0.15) is 11.1 Å². The zero-order valence-corrected chi connectivity index (χ0v) is 11.8. The van der Waals surface area contributed by atoms with Crippen LogP contribution >= 0.6 is 11.3 Å². The summed E-state index contributed by atoms with van der Waals surface area (Å²) in [4.78, 5) is 0. The number of hydrogen-bond donors (Lipinski definition) is 1. The number of hydrogen-bond acceptors (Lipinski definition) is 4. The van der Waals surface area contributed by atoms with Crippen LogP contribution in [0.5, 0.6) is 0 Å². The van der Waals surface area contributed by atoms with Gasteiger partial charge in [-0.2, -0.15) is 0 Å². The molecular formula is C8H13NO4S3. The number of thiophene rings is 1. The van der Waals surface area contributed by atoms with Gasteiger partial charge in [-0.3, -0.25) is 0 Å². The first-order chi connectivity index (χ1) is 7.19. The molecule has 0 aliphatic carbocycles. The van der Waals surface area contributed by atoms with Crippen LogP contribution in [0.25, 0.3) is 0 Å². The minimum absolute atomic E-state index is 0.132. The molecule has 1 atom stereocenters. The topological polar surface area (TPSA) is 74.7 Å². The second-order valence-electron chi connectivity index (χ2n) is 3.46. The van der Waals surface area contributed by atoms with Crippen molar-refractivity contribution in [3.63, 3.8) is 0 Å². The largest absolute Gasteiger partial charge is 0.302 e. The van der Waals surface area contributed by atoms with E-state index in [9.17, 15) is 12.6 Å². The zero-order chi connectivity index (χ0) is 12.7. The van der Waals surface area contributed by atoms with Crippen LogP contribution in [-0.4, -0.2) is 35.6 Å². The molecule has 0 fully saturated rings. The number of sulfonamides is 1. The molecule has 92 valence electrons. The van der Waals surface area contributed by atoms with E-state index in [-0.39, 0.29) is 8.42 Å². The Morgan fingerprint density at radius 1 is 1.25 bits per heavy atom. The summed E-state index contributed by atoms with van der Waals surface area (Å²) in [5.41, 5.74) is 1.10. The SMILES string of the molecule is Cc1c(S(=O)O)sc(S(=O)(=O)N(C)C)c1C. The number of nitrogens with zero attached hydrogens (tertiary/aromatic N) is 1. The maximum Gasteiger partial charge on any atom is 0.252 e. The van der Waals surface area contributed by atoms with E-state index in [1.807, 2.05) is 0 Å². The predicted molar refractivity (Wildman–Crippen MR) is 63.7 cm³/mol. The Bertz CT molecular complexity index is 530. The third-order valence-corrected chi connectivity index (χ3v) is 7.14. The Morgan fingerprint density at radius 2 is 1.75 bits per heavy atom. The Labute approximate surface area is 101 Å². The maximum absolute atomic E-state index is 11.9. The normalized spacial score (nSPS) is 14.4. The third-order valence-electron chi connectivity index (χ3n) is 2.23. The van der Waals surface area contributed by atoms with E-state index in [1.165, 1.54) is 14.1 Å². The van der Waals surface area contributed by atoms with E-state index in [1.54, 1.807) is 13.8 Å². The molecule has 1 aromatic heterocycles. The van der Waals surface area contributed by atoms with Crippen molar-refractivity contribution in [2.24, 2.45) is 0 Å². The van der Waals surface area contributed by atoms with Gasteiger partial charge < -0.3 is 4.55 Å². The van der Waals surface area contributed by atoms with Gasteiger partial charge in [0.1, 0.15) is 8.42 Å². The summed E-state index contributed by atoms with van der Waals surface area (Å²) in [5, 5.41) is 0. The second-order valence-corrected chi connectivity index (χ2v) is 8.00. The fraction of sp³-hybridized carbons (Fsp3) is 0.500. The molecule has 5 nitrogen and oxygen atoms in total. The first-order valence-corrected chi connectivity index (χ1v) is 7.69. The highest BCUT2D eigenvalue weighted by molar-refractivity contribution is 7.92. The van der Waals surface area contributed by atoms with Gasteiger partial charge in [-0.05, 0) is 25.0 Å². The third kappa shape index (κ3) is 2.21. The standard InChI is InChI=1S/C8H13NO4S3/c1-5-6(2)8(14-7(5)15(10)11)16(12,13)9(3)4/h1-4H3,(H,10,11). The summed E-state index contributed by atoms with van der Waals surface area (Å²) < 4.78 is 45.2. The molecule has 0 amide bonds. The van der Waals surface area contributed by atoms with Crippen molar-refractivity contribution in [3.8, 4) is 0 Å². The van der Waals surface area contributed by atoms with Gasteiger partial charge >= 0.3 is 0 Å². The van der Waals surface area contributed by atoms with Gasteiger partial charge in [0.15, 0.2) is 11.1 Å². The van der Waals surface area contributed by atoms with Crippen LogP contribution in [0, 0.1) is 13.8 Å². The molecule has 1 unspecified atom stereocenters. The molecule has 1 N–H and O–H groups in total. The molecule has 0 radical (unpaired) electrons. The molecule has 0 saturated heterocycles. The fourth-order valence-corrected chi connectivity index (χ4v) is 5.00. The highest BCUT2D eigenvalue weighted by atomic mass is 32.3. The molecule has 0 saturated carbocycles. The number of rotatable bonds is 3. The predicted octanol–water partition coefficient (Wildman–Crippen LogP) is 1.20. The maximum atomic E-state index is 11.9. The van der Waals surface area contributed by atoms with Crippen molar-refractivity contribution in [1.82, 2.24) is 4.31 Å². The minimum Gasteiger partial charge on any atom is -0.302 e. The van der Waals surface area contributed by atoms with Gasteiger partial charge in [0.2, 0.25) is 0 Å². The van der Waals surface area contributed by atoms with E-state index in [2.05, 4.69) is 0 Å². The van der Waals surface area contributed by atoms with Gasteiger partial charge in [0, 0.05) is 14.1 Å². The molecule has 16 heavy (non-hydrogen) atoms. The average molecular weight is 283 g/mol. The molecule has 1 rings (SSSR count). The lowest BCUT2D eigenvalue weighted by Crippen LogP contribution is -2.21. The van der Waals surface area contributed by atoms with E-state index in [4.69, 9.17) is 4.55 Å². The van der Waals surface area contributed by atoms with Gasteiger partial charge in [-0.1, -0.05) is 0 Å². The molecule has 0 spiro atoms. The van der Waals surface area contributed by atoms with Crippen LogP contribution in [0.15, 0.2) is 8.42 Å². The van der Waals surface area contributed by atoms with Crippen LogP contribution < -0.4 is 0 Å². The van der Waals surface area contributed by atoms with Crippen LogP contribution in [0.2, 0.25) is 0 Å². The van der Waals surface area contributed by atoms with E-state index in [0.717, 1.165) is 15.6 Å². The van der Waals surface area contributed by atoms with Gasteiger partial charge in [-0.25, -0.2) is 16.9 Å². The van der Waals surface area contributed by atoms with Gasteiger partial charge in [0.25, 0.3) is 10.0 Å². The molecular weight excluding hydrogens is 270 g/mol. The molecule has 0 aliphatic heterocycles. The van der Waals surface area contributed by atoms with Crippen LogP contribution in [0.4, 0.5) is 0 Å². The second kappa shape index (κ2) is 4.53. The summed E-state index contributed by atoms with van der Waals surface area (Å²) in [7, 11) is -0.677. The summed E-state index contributed by atoms with van der Waals surface area (Å²) >= 11 is -1.29.